The topological polar surface area (TPSA) is 50.9 Å². The molecule has 1 aromatic carbocycles. The molecule has 3 N–H and O–H groups in total. The third-order valence-corrected chi connectivity index (χ3v) is 3.40. The molecule has 92 valence electrons. The van der Waals surface area contributed by atoms with Crippen molar-refractivity contribution < 1.29 is 0 Å². The fourth-order valence-electron chi connectivity index (χ4n) is 1.50. The smallest absolute Gasteiger partial charge is 0.127 e. The molecular weight excluding hydrogens is 310 g/mol. The lowest BCUT2D eigenvalue weighted by atomic mass is 10.2. The van der Waals surface area contributed by atoms with Gasteiger partial charge in [0, 0.05) is 11.0 Å². The second-order valence-corrected chi connectivity index (χ2v) is 5.01. The first-order valence-electron chi connectivity index (χ1n) is 5.41. The minimum absolute atomic E-state index is 0.305. The summed E-state index contributed by atoms with van der Waals surface area (Å²) in [5.74, 6) is 0.760. The van der Waals surface area contributed by atoms with Gasteiger partial charge in [-0.2, -0.15) is 0 Å². The van der Waals surface area contributed by atoms with Crippen molar-refractivity contribution in [2.75, 3.05) is 5.32 Å². The van der Waals surface area contributed by atoms with Gasteiger partial charge in [0.15, 0.2) is 0 Å². The zero-order valence-electron chi connectivity index (χ0n) is 9.56. The maximum Gasteiger partial charge on any atom is 0.127 e. The van der Waals surface area contributed by atoms with Gasteiger partial charge < -0.3 is 11.1 Å². The number of anilines is 1. The zero-order chi connectivity index (χ0) is 13.0. The van der Waals surface area contributed by atoms with Gasteiger partial charge in [-0.05, 0) is 23.8 Å². The number of nitrogens with two attached hydrogens (primary N) is 1. The van der Waals surface area contributed by atoms with Crippen LogP contribution in [0.3, 0.4) is 0 Å². The summed E-state index contributed by atoms with van der Waals surface area (Å²) >= 11 is 8.41. The largest absolute Gasteiger partial charge is 0.388 e. The number of pyridine rings is 1. The van der Waals surface area contributed by atoms with Gasteiger partial charge in [0.05, 0.1) is 5.69 Å². The van der Waals surface area contributed by atoms with Crippen LogP contribution in [0.5, 0.6) is 0 Å². The van der Waals surface area contributed by atoms with Crippen LogP contribution in [0.15, 0.2) is 46.9 Å². The van der Waals surface area contributed by atoms with Gasteiger partial charge in [-0.15, -0.1) is 0 Å². The van der Waals surface area contributed by atoms with Gasteiger partial charge in [0.1, 0.15) is 10.8 Å². The van der Waals surface area contributed by atoms with E-state index in [1.807, 2.05) is 30.3 Å². The molecule has 0 bridgehead atoms. The monoisotopic (exact) mass is 321 g/mol. The molecule has 0 saturated carbocycles. The van der Waals surface area contributed by atoms with Gasteiger partial charge in [-0.1, -0.05) is 52.4 Å². The van der Waals surface area contributed by atoms with E-state index in [1.54, 1.807) is 6.07 Å². The number of rotatable bonds is 4. The molecule has 0 saturated heterocycles. The van der Waals surface area contributed by atoms with E-state index in [0.717, 1.165) is 10.3 Å². The number of aromatic nitrogens is 1. The quantitative estimate of drug-likeness (QED) is 0.850. The van der Waals surface area contributed by atoms with Crippen LogP contribution >= 0.6 is 28.1 Å². The van der Waals surface area contributed by atoms with Gasteiger partial charge in [-0.3, -0.25) is 0 Å². The maximum absolute atomic E-state index is 5.55. The highest BCUT2D eigenvalue weighted by Crippen LogP contribution is 2.17. The average Bonchev–Trinajstić information content (AvgIpc) is 2.38. The second-order valence-electron chi connectivity index (χ2n) is 3.72. The van der Waals surface area contributed by atoms with Crippen molar-refractivity contribution >= 4 is 39.0 Å². The number of benzene rings is 1. The van der Waals surface area contributed by atoms with Crippen LogP contribution < -0.4 is 11.1 Å². The second kappa shape index (κ2) is 5.93. The molecule has 5 heteroatoms. The molecular formula is C13H12BrN3S. The van der Waals surface area contributed by atoms with E-state index >= 15 is 0 Å². The standard InChI is InChI=1S/C13H12BrN3S/c14-10-5-2-1-4-9(10)8-16-12-7-3-6-11(17-12)13(15)18/h1-7H,8H2,(H2,15,18)(H,16,17). The maximum atomic E-state index is 5.55. The molecule has 2 aromatic rings. The summed E-state index contributed by atoms with van der Waals surface area (Å²) < 4.78 is 1.07. The predicted molar refractivity (Wildman–Crippen MR) is 81.6 cm³/mol. The molecule has 0 radical (unpaired) electrons. The van der Waals surface area contributed by atoms with Crippen molar-refractivity contribution in [1.82, 2.24) is 4.98 Å². The Hall–Kier alpha value is -1.46. The van der Waals surface area contributed by atoms with Crippen LogP contribution in [0, 0.1) is 0 Å². The van der Waals surface area contributed by atoms with E-state index < -0.39 is 0 Å². The Morgan fingerprint density at radius 3 is 2.72 bits per heavy atom. The summed E-state index contributed by atoms with van der Waals surface area (Å²) in [6, 6.07) is 13.6. The third-order valence-electron chi connectivity index (χ3n) is 2.42. The van der Waals surface area contributed by atoms with Crippen molar-refractivity contribution in [3.8, 4) is 0 Å². The molecule has 0 aliphatic carbocycles. The molecule has 18 heavy (non-hydrogen) atoms. The summed E-state index contributed by atoms with van der Waals surface area (Å²) in [7, 11) is 0. The Bertz CT molecular complexity index is 572. The van der Waals surface area contributed by atoms with Gasteiger partial charge in [0.2, 0.25) is 0 Å². The molecule has 0 atom stereocenters. The van der Waals surface area contributed by atoms with Gasteiger partial charge >= 0.3 is 0 Å². The Labute approximate surface area is 120 Å². The Morgan fingerprint density at radius 1 is 1.22 bits per heavy atom. The summed E-state index contributed by atoms with van der Waals surface area (Å²) in [5, 5.41) is 3.24. The first kappa shape index (κ1) is 13.0. The number of nitrogens with one attached hydrogen (secondary N) is 1. The van der Waals surface area contributed by atoms with E-state index in [4.69, 9.17) is 18.0 Å². The summed E-state index contributed by atoms with van der Waals surface area (Å²) in [6.45, 7) is 0.690. The van der Waals surface area contributed by atoms with Crippen molar-refractivity contribution in [2.45, 2.75) is 6.54 Å². The number of nitrogens with zero attached hydrogens (tertiary/aromatic N) is 1. The summed E-state index contributed by atoms with van der Waals surface area (Å²) in [6.07, 6.45) is 0. The van der Waals surface area contributed by atoms with Crippen LogP contribution in [0.1, 0.15) is 11.3 Å². The van der Waals surface area contributed by atoms with Crippen LogP contribution in [0.4, 0.5) is 5.82 Å². The van der Waals surface area contributed by atoms with Gasteiger partial charge in [-0.25, -0.2) is 4.98 Å². The molecule has 3 nitrogen and oxygen atoms in total. The molecule has 1 aromatic heterocycles. The van der Waals surface area contributed by atoms with Crippen molar-refractivity contribution in [2.24, 2.45) is 5.73 Å². The van der Waals surface area contributed by atoms with E-state index in [-0.39, 0.29) is 0 Å². The van der Waals surface area contributed by atoms with Crippen molar-refractivity contribution in [3.63, 3.8) is 0 Å². The first-order valence-corrected chi connectivity index (χ1v) is 6.61. The summed E-state index contributed by atoms with van der Waals surface area (Å²) in [5.41, 5.74) is 7.34. The highest BCUT2D eigenvalue weighted by Gasteiger charge is 2.01. The van der Waals surface area contributed by atoms with Crippen molar-refractivity contribution in [1.29, 1.82) is 0 Å². The zero-order valence-corrected chi connectivity index (χ0v) is 12.0. The highest BCUT2D eigenvalue weighted by molar-refractivity contribution is 9.10. The summed E-state index contributed by atoms with van der Waals surface area (Å²) in [4.78, 5) is 4.63. The lowest BCUT2D eigenvalue weighted by molar-refractivity contribution is 1.10. The number of halogens is 1. The Balaban J connectivity index is 2.09. The van der Waals surface area contributed by atoms with E-state index in [2.05, 4.69) is 32.3 Å². The minimum atomic E-state index is 0.305. The van der Waals surface area contributed by atoms with Crippen LogP contribution in [-0.2, 0) is 6.54 Å². The SMILES string of the molecule is NC(=S)c1cccc(NCc2ccccc2Br)n1. The molecule has 0 amide bonds. The van der Waals surface area contributed by atoms with Crippen LogP contribution in [-0.4, -0.2) is 9.97 Å². The molecule has 0 fully saturated rings. The lowest BCUT2D eigenvalue weighted by Gasteiger charge is -2.08. The molecule has 0 aliphatic heterocycles. The minimum Gasteiger partial charge on any atom is -0.388 e. The van der Waals surface area contributed by atoms with Crippen molar-refractivity contribution in [3.05, 3.63) is 58.2 Å². The predicted octanol–water partition coefficient (Wildman–Crippen LogP) is 3.09. The Kier molecular flexibility index (Phi) is 4.28. The first-order chi connectivity index (χ1) is 8.66. The normalized spacial score (nSPS) is 10.1. The van der Waals surface area contributed by atoms with E-state index in [9.17, 15) is 0 Å². The fraction of sp³-hybridized carbons (Fsp3) is 0.0769. The number of thiocarbonyl (C=S) groups is 1. The third kappa shape index (κ3) is 3.27. The molecule has 0 spiro atoms. The van der Waals surface area contributed by atoms with E-state index in [0.29, 0.717) is 17.2 Å². The van der Waals surface area contributed by atoms with Crippen LogP contribution in [0.25, 0.3) is 0 Å². The molecule has 0 unspecified atom stereocenters. The average molecular weight is 322 g/mol. The Morgan fingerprint density at radius 2 is 2.00 bits per heavy atom. The fourth-order valence-corrected chi connectivity index (χ4v) is 2.04. The molecule has 1 heterocycles. The van der Waals surface area contributed by atoms with Crippen LogP contribution in [0.2, 0.25) is 0 Å². The lowest BCUT2D eigenvalue weighted by Crippen LogP contribution is -2.12. The number of hydrogen-bond donors (Lipinski definition) is 2. The number of hydrogen-bond acceptors (Lipinski definition) is 3. The highest BCUT2D eigenvalue weighted by atomic mass is 79.9. The van der Waals surface area contributed by atoms with Gasteiger partial charge in [0.25, 0.3) is 0 Å². The van der Waals surface area contributed by atoms with E-state index in [1.165, 1.54) is 5.56 Å². The molecule has 2 rings (SSSR count). The molecule has 0 aliphatic rings.